The van der Waals surface area contributed by atoms with Gasteiger partial charge in [-0.1, -0.05) is 52.5 Å². The van der Waals surface area contributed by atoms with Crippen molar-refractivity contribution >= 4 is 12.4 Å². The van der Waals surface area contributed by atoms with E-state index in [2.05, 4.69) is 54.4 Å². The molecule has 1 rings (SSSR count). The first kappa shape index (κ1) is 55.4. The summed E-state index contributed by atoms with van der Waals surface area (Å²) in [5.41, 5.74) is 56.5. The maximum Gasteiger partial charge on any atom is 3.00 e. The van der Waals surface area contributed by atoms with Crippen LogP contribution in [0.5, 0.6) is 5.75 Å². The number of nitrogens with zero attached hydrogens (tertiary/aromatic N) is 16. The van der Waals surface area contributed by atoms with Crippen LogP contribution in [0.3, 0.4) is 0 Å². The fraction of sp³-hybridized carbons (Fsp3) is 0.652. The minimum Gasteiger partial charge on any atom is -0.872 e. The monoisotopic (exact) mass is 691 g/mol. The summed E-state index contributed by atoms with van der Waals surface area (Å²) in [5.74, 6) is 0.0189. The molecule has 0 unspecified atom stereocenters. The zero-order valence-corrected chi connectivity index (χ0v) is 27.4. The summed E-state index contributed by atoms with van der Waals surface area (Å²) < 4.78 is 0. The number of benzene rings is 1. The number of likely N-dealkylation sites (N-methyl/N-ethyl adjacent to an activating group) is 2. The molecule has 0 amide bonds. The molecular weight excluding hydrogens is 650 g/mol. The van der Waals surface area contributed by atoms with Gasteiger partial charge in [0.15, 0.2) is 0 Å². The van der Waals surface area contributed by atoms with Gasteiger partial charge in [0.05, 0.1) is 13.1 Å². The number of hydrogen-bond donors (Lipinski definition) is 1. The van der Waals surface area contributed by atoms with Gasteiger partial charge in [0, 0.05) is 32.6 Å². The van der Waals surface area contributed by atoms with Crippen molar-refractivity contribution in [3.8, 4) is 5.75 Å². The van der Waals surface area contributed by atoms with Crippen molar-refractivity contribution in [3.05, 3.63) is 92.7 Å². The Morgan fingerprint density at radius 3 is 1.12 bits per heavy atom. The fourth-order valence-corrected chi connectivity index (χ4v) is 2.94. The molecular formula is C23H41Co2N16O2+. The molecule has 43 heavy (non-hydrogen) atoms. The number of aliphatic hydroxyl groups is 1. The Hall–Kier alpha value is -3.51. The Morgan fingerprint density at radius 1 is 0.651 bits per heavy atom. The largest absolute Gasteiger partial charge is 3.00 e. The maximum absolute atomic E-state index is 12.7. The summed E-state index contributed by atoms with van der Waals surface area (Å²) in [7, 11) is 1.00. The van der Waals surface area contributed by atoms with E-state index in [1.807, 2.05) is 12.1 Å². The van der Waals surface area contributed by atoms with Crippen LogP contribution in [0, 0.1) is 0 Å². The zero-order valence-electron chi connectivity index (χ0n) is 25.4. The van der Waals surface area contributed by atoms with Crippen LogP contribution in [0.4, 0.5) is 0 Å². The SMILES string of the molecule is CCc1cc(C=NCCN(CC)CC)c([O-])c(C=NCCN(CC)CC)c1.CO.[Co+3].[Co+3].[N-]=[N+]=[N-].[N-]=[N+]=[N-].[N-]=[N+]=[N-].[N-]=[N+]=[N-]. The van der Waals surface area contributed by atoms with Gasteiger partial charge in [-0.05, 0) is 49.3 Å². The van der Waals surface area contributed by atoms with E-state index in [-0.39, 0.29) is 39.3 Å². The molecule has 0 spiro atoms. The normalized spacial score (nSPS) is 8.58. The predicted octanol–water partition coefficient (Wildman–Crippen LogP) is 5.91. The standard InChI is InChI=1S/C22H38N4O.CH4O.2Co.4N3/c1-6-19-15-20(17-23-11-13-25(7-2)8-3)22(27)21(16-19)18-24-12-14-26(9-4)10-5;1-2;;;4*1-3-2/h15-18,27H,6-14H2,1-5H3;2H,1H3;;;;;;/q;;2*+3;4*-1/p-1. The van der Waals surface area contributed by atoms with Crippen LogP contribution in [0.1, 0.15) is 51.3 Å². The van der Waals surface area contributed by atoms with Crippen LogP contribution in [0.15, 0.2) is 22.1 Å². The van der Waals surface area contributed by atoms with Gasteiger partial charge in [0.25, 0.3) is 0 Å². The van der Waals surface area contributed by atoms with Crippen LogP contribution >= 0.6 is 0 Å². The van der Waals surface area contributed by atoms with Crippen molar-refractivity contribution in [1.82, 2.24) is 9.80 Å². The molecule has 20 heteroatoms. The molecule has 0 heterocycles. The molecule has 0 saturated carbocycles. The molecule has 0 radical (unpaired) electrons. The van der Waals surface area contributed by atoms with Crippen molar-refractivity contribution < 1.29 is 43.8 Å². The Morgan fingerprint density at radius 2 is 0.907 bits per heavy atom. The molecule has 0 bridgehead atoms. The first-order chi connectivity index (χ1) is 19.7. The van der Waals surface area contributed by atoms with Gasteiger partial charge < -0.3 is 64.3 Å². The van der Waals surface area contributed by atoms with E-state index in [4.69, 9.17) is 49.4 Å². The van der Waals surface area contributed by atoms with Gasteiger partial charge in [-0.3, -0.25) is 29.6 Å². The second kappa shape index (κ2) is 48.2. The molecule has 1 aromatic rings. The molecule has 0 aliphatic carbocycles. The van der Waals surface area contributed by atoms with Gasteiger partial charge in [0.1, 0.15) is 0 Å². The van der Waals surface area contributed by atoms with E-state index in [0.29, 0.717) is 24.2 Å². The molecule has 242 valence electrons. The average molecular weight is 692 g/mol. The molecule has 1 aromatic carbocycles. The van der Waals surface area contributed by atoms with E-state index in [1.54, 1.807) is 12.4 Å². The van der Waals surface area contributed by atoms with E-state index >= 15 is 0 Å². The summed E-state index contributed by atoms with van der Waals surface area (Å²) in [6, 6.07) is 3.91. The summed E-state index contributed by atoms with van der Waals surface area (Å²) in [4.78, 5) is 19.6. The smallest absolute Gasteiger partial charge is 0.872 e. The summed E-state index contributed by atoms with van der Waals surface area (Å²) in [6.07, 6.45) is 4.36. The minimum absolute atomic E-state index is 0. The van der Waals surface area contributed by atoms with Gasteiger partial charge in [0.2, 0.25) is 0 Å². The van der Waals surface area contributed by atoms with Crippen molar-refractivity contribution in [2.45, 2.75) is 41.0 Å². The van der Waals surface area contributed by atoms with Crippen molar-refractivity contribution in [1.29, 1.82) is 0 Å². The Balaban J connectivity index is -0.000000138. The van der Waals surface area contributed by atoms with Crippen molar-refractivity contribution in [2.75, 3.05) is 59.5 Å². The number of aliphatic hydroxyl groups excluding tert-OH is 1. The summed E-state index contributed by atoms with van der Waals surface area (Å²) >= 11 is 0. The van der Waals surface area contributed by atoms with Crippen molar-refractivity contribution in [3.63, 3.8) is 0 Å². The number of aryl methyl sites for hydroxylation is 1. The van der Waals surface area contributed by atoms with Crippen LogP contribution < -0.4 is 5.11 Å². The summed E-state index contributed by atoms with van der Waals surface area (Å²) in [6.45, 7) is 18.1. The average Bonchev–Trinajstić information content (AvgIpc) is 2.97. The third kappa shape index (κ3) is 38.5. The zero-order chi connectivity index (χ0) is 32.9. The van der Waals surface area contributed by atoms with Crippen molar-refractivity contribution in [2.24, 2.45) is 9.98 Å². The predicted molar refractivity (Wildman–Crippen MR) is 164 cm³/mol. The van der Waals surface area contributed by atoms with Crippen LogP contribution in [-0.4, -0.2) is 86.8 Å². The van der Waals surface area contributed by atoms with Gasteiger partial charge >= 0.3 is 33.6 Å². The van der Waals surface area contributed by atoms with Crippen LogP contribution in [-0.2, 0) is 40.0 Å². The second-order valence-electron chi connectivity index (χ2n) is 6.94. The Kier molecular flexibility index (Phi) is 62.2. The molecule has 0 aromatic heterocycles. The molecule has 0 saturated heterocycles. The Bertz CT molecular complexity index is 852. The van der Waals surface area contributed by atoms with E-state index in [0.717, 1.165) is 58.4 Å². The Labute approximate surface area is 274 Å². The van der Waals surface area contributed by atoms with Crippen LogP contribution in [0.2, 0.25) is 0 Å². The second-order valence-corrected chi connectivity index (χ2v) is 6.94. The van der Waals surface area contributed by atoms with E-state index < -0.39 is 0 Å². The number of aliphatic imine (C=N–C) groups is 2. The molecule has 0 aliphatic heterocycles. The summed E-state index contributed by atoms with van der Waals surface area (Å²) in [5, 5.41) is 19.7. The van der Waals surface area contributed by atoms with Gasteiger partial charge in [-0.2, -0.15) is 0 Å². The number of hydrogen-bond acceptors (Lipinski definition) is 6. The van der Waals surface area contributed by atoms with Gasteiger partial charge in [-0.25, -0.2) is 0 Å². The minimum atomic E-state index is 0. The molecule has 0 fully saturated rings. The molecule has 1 N–H and O–H groups in total. The molecule has 18 nitrogen and oxygen atoms in total. The quantitative estimate of drug-likeness (QED) is 0.114. The third-order valence-electron chi connectivity index (χ3n) is 4.95. The van der Waals surface area contributed by atoms with E-state index in [1.165, 1.54) is 19.6 Å². The first-order valence-electron chi connectivity index (χ1n) is 12.4. The topological polar surface area (TPSA) is 309 Å². The van der Waals surface area contributed by atoms with Gasteiger partial charge in [-0.15, -0.1) is 0 Å². The number of rotatable bonds is 13. The molecule has 0 aliphatic rings. The van der Waals surface area contributed by atoms with E-state index in [9.17, 15) is 5.11 Å². The fourth-order valence-electron chi connectivity index (χ4n) is 2.94. The first-order valence-corrected chi connectivity index (χ1v) is 12.4. The molecule has 0 atom stereocenters. The maximum atomic E-state index is 12.7. The van der Waals surface area contributed by atoms with Crippen LogP contribution in [0.25, 0.3) is 63.9 Å². The third-order valence-corrected chi connectivity index (χ3v) is 4.95.